The van der Waals surface area contributed by atoms with Crippen molar-refractivity contribution < 1.29 is 29.6 Å². The van der Waals surface area contributed by atoms with Gasteiger partial charge in [-0.25, -0.2) is 0 Å². The Hall–Kier alpha value is -0.690. The summed E-state index contributed by atoms with van der Waals surface area (Å²) in [5.41, 5.74) is 0. The molecule has 0 bridgehead atoms. The topological polar surface area (TPSA) is 96.2 Å². The minimum atomic E-state index is -1.36. The highest BCUT2D eigenvalue weighted by molar-refractivity contribution is 5.69. The van der Waals surface area contributed by atoms with Gasteiger partial charge in [0.05, 0.1) is 13.2 Å². The summed E-state index contributed by atoms with van der Waals surface area (Å²) in [5, 5.41) is 29.1. The predicted octanol–water partition coefficient (Wildman–Crippen LogP) is 1.93. The van der Waals surface area contributed by atoms with Crippen LogP contribution in [0.4, 0.5) is 0 Å². The number of ether oxygens (including phenoxy) is 2. The summed E-state index contributed by atoms with van der Waals surface area (Å²) in [5.74, 6) is -0.394. The van der Waals surface area contributed by atoms with Crippen LogP contribution in [-0.2, 0) is 14.3 Å². The van der Waals surface area contributed by atoms with Crippen molar-refractivity contribution in [1.82, 2.24) is 0 Å². The van der Waals surface area contributed by atoms with Gasteiger partial charge < -0.3 is 24.8 Å². The Labute approximate surface area is 145 Å². The molecule has 4 atom stereocenters. The highest BCUT2D eigenvalue weighted by atomic mass is 16.6. The molecule has 1 fully saturated rings. The van der Waals surface area contributed by atoms with Crippen molar-refractivity contribution in [3.8, 4) is 0 Å². The van der Waals surface area contributed by atoms with Crippen LogP contribution in [0.3, 0.4) is 0 Å². The molecule has 0 saturated carbocycles. The second-order valence-corrected chi connectivity index (χ2v) is 6.69. The zero-order valence-corrected chi connectivity index (χ0v) is 14.9. The SMILES string of the molecule is CCCCCCCCCCCC(=O)O[C@@H]1COC[C@@H](O)[C@@H](O)[C@@H]1O. The number of unbranched alkanes of at least 4 members (excludes halogenated alkanes) is 8. The number of hydrogen-bond donors (Lipinski definition) is 3. The minimum absolute atomic E-state index is 0.0151. The molecule has 0 radical (unpaired) electrons. The lowest BCUT2D eigenvalue weighted by molar-refractivity contribution is -0.163. The molecule has 0 unspecified atom stereocenters. The second-order valence-electron chi connectivity index (χ2n) is 6.69. The van der Waals surface area contributed by atoms with Gasteiger partial charge >= 0.3 is 5.97 Å². The second kappa shape index (κ2) is 12.6. The van der Waals surface area contributed by atoms with E-state index in [4.69, 9.17) is 9.47 Å². The Kier molecular flexibility index (Phi) is 11.2. The number of rotatable bonds is 11. The summed E-state index contributed by atoms with van der Waals surface area (Å²) in [6.07, 6.45) is 6.06. The molecule has 1 rings (SSSR count). The van der Waals surface area contributed by atoms with Crippen LogP contribution in [0.5, 0.6) is 0 Å². The summed E-state index contributed by atoms with van der Waals surface area (Å²) in [6.45, 7) is 2.12. The Bertz CT molecular complexity index is 335. The smallest absolute Gasteiger partial charge is 0.306 e. The monoisotopic (exact) mass is 346 g/mol. The number of carbonyl (C=O) groups excluding carboxylic acids is 1. The average molecular weight is 346 g/mol. The van der Waals surface area contributed by atoms with Crippen molar-refractivity contribution in [3.05, 3.63) is 0 Å². The molecule has 6 heteroatoms. The van der Waals surface area contributed by atoms with Crippen LogP contribution in [0.25, 0.3) is 0 Å². The number of aliphatic hydroxyl groups is 3. The van der Waals surface area contributed by atoms with Crippen molar-refractivity contribution in [2.75, 3.05) is 13.2 Å². The fourth-order valence-electron chi connectivity index (χ4n) is 2.86. The van der Waals surface area contributed by atoms with E-state index in [1.54, 1.807) is 0 Å². The fourth-order valence-corrected chi connectivity index (χ4v) is 2.86. The fraction of sp³-hybridized carbons (Fsp3) is 0.944. The maximum absolute atomic E-state index is 11.8. The van der Waals surface area contributed by atoms with E-state index in [2.05, 4.69) is 6.92 Å². The first-order valence-corrected chi connectivity index (χ1v) is 9.37. The van der Waals surface area contributed by atoms with E-state index < -0.39 is 30.4 Å². The third-order valence-corrected chi connectivity index (χ3v) is 4.46. The number of carbonyl (C=O) groups is 1. The minimum Gasteiger partial charge on any atom is -0.457 e. The zero-order chi connectivity index (χ0) is 17.8. The van der Waals surface area contributed by atoms with Crippen molar-refractivity contribution in [1.29, 1.82) is 0 Å². The Morgan fingerprint density at radius 1 is 0.917 bits per heavy atom. The highest BCUT2D eigenvalue weighted by Crippen LogP contribution is 2.16. The van der Waals surface area contributed by atoms with E-state index >= 15 is 0 Å². The van der Waals surface area contributed by atoms with Crippen LogP contribution in [-0.4, -0.2) is 58.9 Å². The molecule has 6 nitrogen and oxygen atoms in total. The van der Waals surface area contributed by atoms with E-state index in [1.807, 2.05) is 0 Å². The molecular weight excluding hydrogens is 312 g/mol. The molecular formula is C18H34O6. The summed E-state index contributed by atoms with van der Waals surface area (Å²) < 4.78 is 10.3. The Balaban J connectivity index is 2.09. The van der Waals surface area contributed by atoms with Crippen LogP contribution >= 0.6 is 0 Å². The van der Waals surface area contributed by atoms with E-state index in [1.165, 1.54) is 38.5 Å². The van der Waals surface area contributed by atoms with Gasteiger partial charge in [-0.1, -0.05) is 58.3 Å². The van der Waals surface area contributed by atoms with Crippen LogP contribution < -0.4 is 0 Å². The lowest BCUT2D eigenvalue weighted by Crippen LogP contribution is -2.45. The quantitative estimate of drug-likeness (QED) is 0.391. The predicted molar refractivity (Wildman–Crippen MR) is 90.6 cm³/mol. The van der Waals surface area contributed by atoms with Crippen LogP contribution in [0, 0.1) is 0 Å². The van der Waals surface area contributed by atoms with Gasteiger partial charge in [-0.05, 0) is 6.42 Å². The molecule has 24 heavy (non-hydrogen) atoms. The molecule has 3 N–H and O–H groups in total. The molecule has 0 aromatic heterocycles. The van der Waals surface area contributed by atoms with Crippen molar-refractivity contribution in [2.24, 2.45) is 0 Å². The maximum atomic E-state index is 11.8. The lowest BCUT2D eigenvalue weighted by atomic mass is 10.0. The number of aliphatic hydroxyl groups excluding tert-OH is 3. The highest BCUT2D eigenvalue weighted by Gasteiger charge is 2.36. The van der Waals surface area contributed by atoms with E-state index in [0.717, 1.165) is 19.3 Å². The number of esters is 1. The molecule has 1 saturated heterocycles. The van der Waals surface area contributed by atoms with Gasteiger partial charge in [0, 0.05) is 6.42 Å². The van der Waals surface area contributed by atoms with Crippen molar-refractivity contribution >= 4 is 5.97 Å². The Morgan fingerprint density at radius 2 is 1.50 bits per heavy atom. The largest absolute Gasteiger partial charge is 0.457 e. The van der Waals surface area contributed by atoms with Crippen LogP contribution in [0.2, 0.25) is 0 Å². The average Bonchev–Trinajstić information content (AvgIpc) is 2.68. The van der Waals surface area contributed by atoms with Gasteiger partial charge in [0.15, 0.2) is 6.10 Å². The molecule has 0 aromatic carbocycles. The zero-order valence-electron chi connectivity index (χ0n) is 14.9. The first-order chi connectivity index (χ1) is 11.6. The molecule has 0 spiro atoms. The van der Waals surface area contributed by atoms with Crippen LogP contribution in [0.1, 0.15) is 71.1 Å². The van der Waals surface area contributed by atoms with E-state index in [-0.39, 0.29) is 13.2 Å². The van der Waals surface area contributed by atoms with Gasteiger partial charge in [-0.15, -0.1) is 0 Å². The summed E-state index contributed by atoms with van der Waals surface area (Å²) in [7, 11) is 0. The van der Waals surface area contributed by atoms with Gasteiger partial charge in [0.1, 0.15) is 18.3 Å². The van der Waals surface area contributed by atoms with Crippen LogP contribution in [0.15, 0.2) is 0 Å². The van der Waals surface area contributed by atoms with Gasteiger partial charge in [0.2, 0.25) is 0 Å². The van der Waals surface area contributed by atoms with Gasteiger partial charge in [0.25, 0.3) is 0 Å². The third-order valence-electron chi connectivity index (χ3n) is 4.46. The molecule has 1 heterocycles. The standard InChI is InChI=1S/C18H34O6/c1-2-3-4-5-6-7-8-9-10-11-16(20)24-15-13-23-12-14(19)17(21)18(15)22/h14-15,17-19,21-22H,2-13H2,1H3/t14-,15-,17-,18-/m1/s1. The summed E-state index contributed by atoms with van der Waals surface area (Å²) >= 11 is 0. The molecule has 1 aliphatic heterocycles. The number of hydrogen-bond acceptors (Lipinski definition) is 6. The van der Waals surface area contributed by atoms with E-state index in [0.29, 0.717) is 6.42 Å². The molecule has 1 aliphatic rings. The normalized spacial score (nSPS) is 27.7. The van der Waals surface area contributed by atoms with Crippen molar-refractivity contribution in [3.63, 3.8) is 0 Å². The molecule has 0 aliphatic carbocycles. The first kappa shape index (κ1) is 21.4. The summed E-state index contributed by atoms with van der Waals surface area (Å²) in [6, 6.07) is 0. The lowest BCUT2D eigenvalue weighted by Gasteiger charge is -2.24. The molecule has 142 valence electrons. The van der Waals surface area contributed by atoms with E-state index in [9.17, 15) is 20.1 Å². The third kappa shape index (κ3) is 8.42. The molecule has 0 aromatic rings. The maximum Gasteiger partial charge on any atom is 0.306 e. The molecule has 0 amide bonds. The van der Waals surface area contributed by atoms with Gasteiger partial charge in [-0.2, -0.15) is 0 Å². The first-order valence-electron chi connectivity index (χ1n) is 9.37. The van der Waals surface area contributed by atoms with Crippen molar-refractivity contribution in [2.45, 2.75) is 95.5 Å². The Morgan fingerprint density at radius 3 is 2.12 bits per heavy atom. The summed E-state index contributed by atoms with van der Waals surface area (Å²) in [4.78, 5) is 11.8. The van der Waals surface area contributed by atoms with Gasteiger partial charge in [-0.3, -0.25) is 4.79 Å².